The maximum absolute atomic E-state index is 12.2. The molecule has 1 aromatic carbocycles. The summed E-state index contributed by atoms with van der Waals surface area (Å²) in [5.41, 5.74) is 10.0. The Morgan fingerprint density at radius 3 is 2.86 bits per heavy atom. The van der Waals surface area contributed by atoms with Crippen molar-refractivity contribution in [1.29, 1.82) is 0 Å². The molecule has 2 aromatic rings. The van der Waals surface area contributed by atoms with Crippen molar-refractivity contribution in [3.05, 3.63) is 69.1 Å². The molecule has 0 bridgehead atoms. The Morgan fingerprint density at radius 1 is 1.14 bits per heavy atom. The second kappa shape index (κ2) is 5.99. The molecule has 0 aliphatic heterocycles. The van der Waals surface area contributed by atoms with Crippen molar-refractivity contribution >= 4 is 0 Å². The molecular weight excluding hydrogens is 260 g/mol. The van der Waals surface area contributed by atoms with Gasteiger partial charge >= 0.3 is 0 Å². The Balaban J connectivity index is 2.02. The van der Waals surface area contributed by atoms with Crippen molar-refractivity contribution in [3.63, 3.8) is 0 Å². The van der Waals surface area contributed by atoms with Crippen LogP contribution >= 0.6 is 0 Å². The lowest BCUT2D eigenvalue weighted by Crippen LogP contribution is -2.23. The summed E-state index contributed by atoms with van der Waals surface area (Å²) in [6.07, 6.45) is 3.19. The van der Waals surface area contributed by atoms with E-state index < -0.39 is 0 Å². The molecule has 3 rings (SSSR count). The van der Waals surface area contributed by atoms with Crippen molar-refractivity contribution in [3.8, 4) is 11.8 Å². The molecule has 0 fully saturated rings. The van der Waals surface area contributed by atoms with Gasteiger partial charge in [-0.1, -0.05) is 36.1 Å². The average molecular weight is 278 g/mol. The molecule has 0 amide bonds. The molecule has 1 heterocycles. The van der Waals surface area contributed by atoms with Crippen LogP contribution in [-0.2, 0) is 19.4 Å². The summed E-state index contributed by atoms with van der Waals surface area (Å²) < 4.78 is 1.89. The van der Waals surface area contributed by atoms with Gasteiger partial charge in [-0.15, -0.1) is 0 Å². The first kappa shape index (κ1) is 13.7. The minimum atomic E-state index is 0.0669. The summed E-state index contributed by atoms with van der Waals surface area (Å²) in [4.78, 5) is 12.2. The number of aromatic nitrogens is 1. The van der Waals surface area contributed by atoms with E-state index in [9.17, 15) is 4.79 Å². The fourth-order valence-electron chi connectivity index (χ4n) is 2.90. The number of aryl methyl sites for hydroxylation is 1. The third-order valence-electron chi connectivity index (χ3n) is 3.92. The second-order valence-corrected chi connectivity index (χ2v) is 5.25. The van der Waals surface area contributed by atoms with Crippen molar-refractivity contribution in [2.45, 2.75) is 25.8 Å². The molecule has 3 heteroatoms. The van der Waals surface area contributed by atoms with Crippen LogP contribution in [0.3, 0.4) is 0 Å². The third kappa shape index (κ3) is 2.76. The number of nitrogens with two attached hydrogens (primary N) is 1. The molecule has 2 N–H and O–H groups in total. The number of nitrogens with zero attached hydrogens (tertiary/aromatic N) is 1. The van der Waals surface area contributed by atoms with E-state index >= 15 is 0 Å². The van der Waals surface area contributed by atoms with Gasteiger partial charge in [-0.2, -0.15) is 0 Å². The highest BCUT2D eigenvalue weighted by atomic mass is 16.1. The number of rotatable bonds is 2. The standard InChI is InChI=1S/C18H18N2O/c19-12-4-8-14-5-1-2-6-16(14)13-20-17-9-3-7-15(17)10-11-18(20)21/h1-2,5-6,10-11H,3,7,9,12-13,19H2. The molecule has 0 atom stereocenters. The largest absolute Gasteiger partial charge is 0.320 e. The highest BCUT2D eigenvalue weighted by Gasteiger charge is 2.16. The zero-order valence-corrected chi connectivity index (χ0v) is 11.9. The minimum Gasteiger partial charge on any atom is -0.320 e. The van der Waals surface area contributed by atoms with Crippen molar-refractivity contribution in [2.75, 3.05) is 6.54 Å². The lowest BCUT2D eigenvalue weighted by Gasteiger charge is -2.13. The zero-order valence-electron chi connectivity index (χ0n) is 11.9. The van der Waals surface area contributed by atoms with E-state index in [1.807, 2.05) is 34.9 Å². The van der Waals surface area contributed by atoms with Gasteiger partial charge in [0.2, 0.25) is 0 Å². The van der Waals surface area contributed by atoms with Gasteiger partial charge in [0, 0.05) is 17.3 Å². The molecule has 0 unspecified atom stereocenters. The fraction of sp³-hybridized carbons (Fsp3) is 0.278. The summed E-state index contributed by atoms with van der Waals surface area (Å²) in [6.45, 7) is 0.923. The minimum absolute atomic E-state index is 0.0669. The fourth-order valence-corrected chi connectivity index (χ4v) is 2.90. The van der Waals surface area contributed by atoms with E-state index in [0.717, 1.165) is 30.4 Å². The Hall–Kier alpha value is -2.31. The molecule has 1 aliphatic carbocycles. The molecule has 1 aliphatic rings. The van der Waals surface area contributed by atoms with Gasteiger partial charge in [0.25, 0.3) is 5.56 Å². The van der Waals surface area contributed by atoms with Crippen LogP contribution in [0.1, 0.15) is 28.8 Å². The van der Waals surface area contributed by atoms with Crippen LogP contribution in [0.5, 0.6) is 0 Å². The number of benzene rings is 1. The van der Waals surface area contributed by atoms with Crippen LogP contribution in [-0.4, -0.2) is 11.1 Å². The van der Waals surface area contributed by atoms with Gasteiger partial charge in [-0.05, 0) is 36.5 Å². The van der Waals surface area contributed by atoms with Crippen LogP contribution in [0.15, 0.2) is 41.2 Å². The molecule has 1 aromatic heterocycles. The van der Waals surface area contributed by atoms with Crippen molar-refractivity contribution in [2.24, 2.45) is 5.73 Å². The number of hydrogen-bond acceptors (Lipinski definition) is 2. The summed E-state index contributed by atoms with van der Waals surface area (Å²) in [5.74, 6) is 5.98. The molecule has 0 saturated heterocycles. The summed E-state index contributed by atoms with van der Waals surface area (Å²) >= 11 is 0. The predicted molar refractivity (Wildman–Crippen MR) is 84.2 cm³/mol. The topological polar surface area (TPSA) is 48.0 Å². The van der Waals surface area contributed by atoms with Gasteiger partial charge in [-0.25, -0.2) is 0 Å². The maximum atomic E-state index is 12.2. The molecule has 0 saturated carbocycles. The first-order chi connectivity index (χ1) is 10.3. The normalized spacial score (nSPS) is 12.6. The van der Waals surface area contributed by atoms with E-state index in [0.29, 0.717) is 13.1 Å². The number of fused-ring (bicyclic) bond motifs is 1. The Bertz CT molecular complexity index is 778. The maximum Gasteiger partial charge on any atom is 0.251 e. The number of pyridine rings is 1. The molecule has 0 radical (unpaired) electrons. The van der Waals surface area contributed by atoms with E-state index in [1.165, 1.54) is 11.3 Å². The summed E-state index contributed by atoms with van der Waals surface area (Å²) in [7, 11) is 0. The van der Waals surface area contributed by atoms with Crippen LogP contribution in [0, 0.1) is 11.8 Å². The Morgan fingerprint density at radius 2 is 2.00 bits per heavy atom. The highest BCUT2D eigenvalue weighted by molar-refractivity contribution is 5.42. The average Bonchev–Trinajstić information content (AvgIpc) is 2.98. The Kier molecular flexibility index (Phi) is 3.89. The quantitative estimate of drug-likeness (QED) is 0.850. The van der Waals surface area contributed by atoms with E-state index in [4.69, 9.17) is 5.73 Å². The Labute approximate surface area is 124 Å². The SMILES string of the molecule is NCC#Cc1ccccc1Cn1c2c(ccc1=O)CCC2. The first-order valence-corrected chi connectivity index (χ1v) is 7.28. The zero-order chi connectivity index (χ0) is 14.7. The second-order valence-electron chi connectivity index (χ2n) is 5.25. The van der Waals surface area contributed by atoms with Crippen LogP contribution in [0.25, 0.3) is 0 Å². The summed E-state index contributed by atoms with van der Waals surface area (Å²) in [5, 5.41) is 0. The van der Waals surface area contributed by atoms with E-state index in [-0.39, 0.29) is 5.56 Å². The van der Waals surface area contributed by atoms with Crippen LogP contribution in [0.4, 0.5) is 0 Å². The van der Waals surface area contributed by atoms with Gasteiger partial charge in [0.05, 0.1) is 13.1 Å². The smallest absolute Gasteiger partial charge is 0.251 e. The summed E-state index contributed by atoms with van der Waals surface area (Å²) in [6, 6.07) is 11.6. The van der Waals surface area contributed by atoms with E-state index in [1.54, 1.807) is 6.07 Å². The molecule has 21 heavy (non-hydrogen) atoms. The molecular formula is C18H18N2O. The number of hydrogen-bond donors (Lipinski definition) is 1. The van der Waals surface area contributed by atoms with Gasteiger partial charge < -0.3 is 10.3 Å². The molecule has 3 nitrogen and oxygen atoms in total. The van der Waals surface area contributed by atoms with Crippen LogP contribution in [0.2, 0.25) is 0 Å². The van der Waals surface area contributed by atoms with Crippen molar-refractivity contribution in [1.82, 2.24) is 4.57 Å². The monoisotopic (exact) mass is 278 g/mol. The van der Waals surface area contributed by atoms with Gasteiger partial charge in [0.15, 0.2) is 0 Å². The van der Waals surface area contributed by atoms with Crippen molar-refractivity contribution < 1.29 is 0 Å². The third-order valence-corrected chi connectivity index (χ3v) is 3.92. The van der Waals surface area contributed by atoms with Gasteiger partial charge in [-0.3, -0.25) is 4.79 Å². The molecule has 106 valence electrons. The van der Waals surface area contributed by atoms with Gasteiger partial charge in [0.1, 0.15) is 0 Å². The lowest BCUT2D eigenvalue weighted by atomic mass is 10.1. The van der Waals surface area contributed by atoms with E-state index in [2.05, 4.69) is 11.8 Å². The van der Waals surface area contributed by atoms with Crippen LogP contribution < -0.4 is 11.3 Å². The highest BCUT2D eigenvalue weighted by Crippen LogP contribution is 2.21. The predicted octanol–water partition coefficient (Wildman–Crippen LogP) is 1.70. The first-order valence-electron chi connectivity index (χ1n) is 7.28. The molecule has 0 spiro atoms. The lowest BCUT2D eigenvalue weighted by molar-refractivity contribution is 0.706.